The summed E-state index contributed by atoms with van der Waals surface area (Å²) in [5.74, 6) is -1.91. The van der Waals surface area contributed by atoms with Gasteiger partial charge in [-0.1, -0.05) is 0 Å². The Labute approximate surface area is 170 Å². The maximum Gasteiger partial charge on any atom is 0.303 e. The summed E-state index contributed by atoms with van der Waals surface area (Å²) >= 11 is 0. The molecule has 0 unspecified atom stereocenters. The maximum absolute atomic E-state index is 11.8. The van der Waals surface area contributed by atoms with Crippen LogP contribution in [0.1, 0.15) is 27.0 Å². The lowest BCUT2D eigenvalue weighted by Crippen LogP contribution is -2.55. The number of nitro benzene ring substituents is 1. The van der Waals surface area contributed by atoms with E-state index in [9.17, 15) is 24.5 Å². The molecule has 1 aromatic carbocycles. The Morgan fingerprint density at radius 1 is 1.03 bits per heavy atom. The normalized spacial score (nSPS) is 23.6. The lowest BCUT2D eigenvalue weighted by atomic mass is 10.0. The number of benzene rings is 1. The molecule has 1 fully saturated rings. The molecule has 30 heavy (non-hydrogen) atoms. The van der Waals surface area contributed by atoms with Crippen LogP contribution in [-0.2, 0) is 33.3 Å². The lowest BCUT2D eigenvalue weighted by molar-refractivity contribution is -0.384. The number of non-ortho nitro benzene ring substituents is 1. The van der Waals surface area contributed by atoms with E-state index in [0.717, 1.165) is 0 Å². The third kappa shape index (κ3) is 4.40. The highest BCUT2D eigenvalue weighted by Gasteiger charge is 2.47. The van der Waals surface area contributed by atoms with Crippen molar-refractivity contribution in [1.82, 2.24) is 4.57 Å². The van der Waals surface area contributed by atoms with Gasteiger partial charge in [0.25, 0.3) is 5.69 Å². The van der Waals surface area contributed by atoms with Gasteiger partial charge in [0.1, 0.15) is 0 Å². The molecule has 0 amide bonds. The van der Waals surface area contributed by atoms with Crippen molar-refractivity contribution in [3.8, 4) is 0 Å². The van der Waals surface area contributed by atoms with E-state index in [0.29, 0.717) is 10.9 Å². The number of carbonyl (C=O) groups is 3. The maximum atomic E-state index is 11.8. The Kier molecular flexibility index (Phi) is 6.01. The molecule has 0 saturated carbocycles. The number of fused-ring (bicyclic) bond motifs is 1. The summed E-state index contributed by atoms with van der Waals surface area (Å²) in [5.41, 5.74) is 0.504. The third-order valence-corrected chi connectivity index (χ3v) is 4.51. The average molecular weight is 420 g/mol. The lowest BCUT2D eigenvalue weighted by Gasteiger charge is -2.41. The van der Waals surface area contributed by atoms with Crippen LogP contribution in [0.3, 0.4) is 0 Å². The summed E-state index contributed by atoms with van der Waals surface area (Å²) in [6.45, 7) is 3.45. The molecule has 0 spiro atoms. The molecule has 0 bridgehead atoms. The molecular weight excluding hydrogens is 400 g/mol. The molecule has 0 radical (unpaired) electrons. The van der Waals surface area contributed by atoms with Gasteiger partial charge in [0.15, 0.2) is 24.5 Å². The molecule has 2 heterocycles. The highest BCUT2D eigenvalue weighted by atomic mass is 16.6. The van der Waals surface area contributed by atoms with Crippen LogP contribution in [0.15, 0.2) is 30.5 Å². The Hall–Kier alpha value is -3.47. The molecule has 1 aliphatic rings. The summed E-state index contributed by atoms with van der Waals surface area (Å²) in [7, 11) is 0. The van der Waals surface area contributed by atoms with E-state index < -0.39 is 47.4 Å². The Morgan fingerprint density at radius 2 is 1.67 bits per heavy atom. The van der Waals surface area contributed by atoms with E-state index in [4.69, 9.17) is 18.9 Å². The largest absolute Gasteiger partial charge is 0.456 e. The predicted molar refractivity (Wildman–Crippen MR) is 100 cm³/mol. The summed E-state index contributed by atoms with van der Waals surface area (Å²) in [5, 5.41) is 11.6. The van der Waals surface area contributed by atoms with Crippen LogP contribution in [-0.4, -0.2) is 52.3 Å². The van der Waals surface area contributed by atoms with Gasteiger partial charge in [-0.15, -0.1) is 0 Å². The van der Waals surface area contributed by atoms with Crippen molar-refractivity contribution in [3.63, 3.8) is 0 Å². The van der Waals surface area contributed by atoms with Crippen LogP contribution in [0, 0.1) is 10.1 Å². The summed E-state index contributed by atoms with van der Waals surface area (Å²) < 4.78 is 23.4. The van der Waals surface area contributed by atoms with Gasteiger partial charge in [-0.05, 0) is 12.1 Å². The van der Waals surface area contributed by atoms with Crippen molar-refractivity contribution >= 4 is 34.5 Å². The van der Waals surface area contributed by atoms with Crippen molar-refractivity contribution in [1.29, 1.82) is 0 Å². The second-order valence-corrected chi connectivity index (χ2v) is 6.74. The van der Waals surface area contributed by atoms with Crippen molar-refractivity contribution in [2.45, 2.75) is 45.3 Å². The van der Waals surface area contributed by atoms with E-state index in [1.807, 2.05) is 0 Å². The number of nitrogens with zero attached hydrogens (tertiary/aromatic N) is 2. The second kappa shape index (κ2) is 8.49. The van der Waals surface area contributed by atoms with E-state index in [-0.39, 0.29) is 12.3 Å². The van der Waals surface area contributed by atoms with Gasteiger partial charge >= 0.3 is 17.9 Å². The molecule has 1 aromatic heterocycles. The van der Waals surface area contributed by atoms with Crippen molar-refractivity contribution < 1.29 is 38.3 Å². The summed E-state index contributed by atoms with van der Waals surface area (Å²) in [6.07, 6.45) is -2.52. The van der Waals surface area contributed by atoms with Crippen LogP contribution < -0.4 is 0 Å². The molecule has 4 atom stereocenters. The molecular formula is C19H20N2O9. The standard InChI is InChI=1S/C19H20N2O9/c1-10(22)28-16-9-27-19(18(30-12(3)24)17(16)29-11(2)23)20-7-6-13-8-14(21(25)26)4-5-15(13)20/h4-8,16-19H,9H2,1-3H3/t16-,17-,18+,19+/m1/s1. The molecule has 1 saturated heterocycles. The van der Waals surface area contributed by atoms with E-state index in [1.54, 1.807) is 22.9 Å². The topological polar surface area (TPSA) is 136 Å². The Morgan fingerprint density at radius 3 is 2.27 bits per heavy atom. The molecule has 11 nitrogen and oxygen atoms in total. The van der Waals surface area contributed by atoms with Gasteiger partial charge < -0.3 is 23.5 Å². The first-order valence-corrected chi connectivity index (χ1v) is 9.05. The van der Waals surface area contributed by atoms with Gasteiger partial charge in [0, 0.05) is 44.5 Å². The van der Waals surface area contributed by atoms with Crippen LogP contribution >= 0.6 is 0 Å². The number of aromatic nitrogens is 1. The minimum atomic E-state index is -1.13. The first-order valence-electron chi connectivity index (χ1n) is 9.05. The number of ether oxygens (including phenoxy) is 4. The average Bonchev–Trinajstić information content (AvgIpc) is 3.06. The first kappa shape index (κ1) is 21.2. The zero-order chi connectivity index (χ0) is 22.0. The van der Waals surface area contributed by atoms with Gasteiger partial charge in [0.2, 0.25) is 0 Å². The molecule has 0 aliphatic carbocycles. The fourth-order valence-corrected chi connectivity index (χ4v) is 3.45. The quantitative estimate of drug-likeness (QED) is 0.307. The van der Waals surface area contributed by atoms with Gasteiger partial charge in [0.05, 0.1) is 17.0 Å². The van der Waals surface area contributed by atoms with Gasteiger partial charge in [-0.3, -0.25) is 24.5 Å². The third-order valence-electron chi connectivity index (χ3n) is 4.51. The highest BCUT2D eigenvalue weighted by molar-refractivity contribution is 5.82. The number of rotatable bonds is 5. The number of carbonyl (C=O) groups excluding carboxylic acids is 3. The fraction of sp³-hybridized carbons (Fsp3) is 0.421. The number of hydrogen-bond donors (Lipinski definition) is 0. The molecule has 3 rings (SSSR count). The Balaban J connectivity index is 2.03. The second-order valence-electron chi connectivity index (χ2n) is 6.74. The van der Waals surface area contributed by atoms with E-state index >= 15 is 0 Å². The molecule has 0 N–H and O–H groups in total. The van der Waals surface area contributed by atoms with Crippen molar-refractivity contribution in [2.24, 2.45) is 0 Å². The van der Waals surface area contributed by atoms with Crippen LogP contribution in [0.4, 0.5) is 5.69 Å². The predicted octanol–water partition coefficient (Wildman–Crippen LogP) is 1.87. The molecule has 2 aromatic rings. The minimum absolute atomic E-state index is 0.0749. The SMILES string of the molecule is CC(=O)O[C@H]1[C@H](OC(C)=O)[C@@H](n2ccc3cc([N+](=O)[O-])ccc32)OC[C@H]1OC(C)=O. The first-order chi connectivity index (χ1) is 14.2. The number of nitro groups is 1. The highest BCUT2D eigenvalue weighted by Crippen LogP contribution is 2.34. The zero-order valence-corrected chi connectivity index (χ0v) is 16.5. The monoisotopic (exact) mass is 420 g/mol. The van der Waals surface area contributed by atoms with E-state index in [1.165, 1.54) is 32.9 Å². The minimum Gasteiger partial charge on any atom is -0.456 e. The fourth-order valence-electron chi connectivity index (χ4n) is 3.45. The van der Waals surface area contributed by atoms with Crippen LogP contribution in [0.2, 0.25) is 0 Å². The van der Waals surface area contributed by atoms with Crippen LogP contribution in [0.25, 0.3) is 10.9 Å². The van der Waals surface area contributed by atoms with E-state index in [2.05, 4.69) is 0 Å². The zero-order valence-electron chi connectivity index (χ0n) is 16.5. The molecule has 160 valence electrons. The van der Waals surface area contributed by atoms with Crippen molar-refractivity contribution in [2.75, 3.05) is 6.61 Å². The molecule has 1 aliphatic heterocycles. The number of hydrogen-bond acceptors (Lipinski definition) is 9. The van der Waals surface area contributed by atoms with Crippen molar-refractivity contribution in [3.05, 3.63) is 40.6 Å². The Bertz CT molecular complexity index is 999. The summed E-state index contributed by atoms with van der Waals surface area (Å²) in [6, 6.07) is 5.94. The summed E-state index contributed by atoms with van der Waals surface area (Å²) in [4.78, 5) is 45.4. The van der Waals surface area contributed by atoms with Gasteiger partial charge in [-0.25, -0.2) is 0 Å². The number of esters is 3. The van der Waals surface area contributed by atoms with Gasteiger partial charge in [-0.2, -0.15) is 0 Å². The van der Waals surface area contributed by atoms with Crippen LogP contribution in [0.5, 0.6) is 0 Å². The smallest absolute Gasteiger partial charge is 0.303 e. The molecule has 11 heteroatoms.